The maximum Gasteiger partial charge on any atom is 0.250 e. The van der Waals surface area contributed by atoms with Crippen LogP contribution in [-0.2, 0) is 10.0 Å². The highest BCUT2D eigenvalue weighted by Crippen LogP contribution is 2.15. The summed E-state index contributed by atoms with van der Waals surface area (Å²) in [6.07, 6.45) is 1.58. The molecule has 0 aliphatic rings. The Kier molecular flexibility index (Phi) is 4.76. The predicted octanol–water partition coefficient (Wildman–Crippen LogP) is 2.19. The summed E-state index contributed by atoms with van der Waals surface area (Å²) < 4.78 is 26.4. The fraction of sp³-hybridized carbons (Fsp3) is 0.182. The van der Waals surface area contributed by atoms with Crippen molar-refractivity contribution < 1.29 is 8.42 Å². The number of halogens is 1. The van der Waals surface area contributed by atoms with Crippen LogP contribution >= 0.6 is 22.9 Å². The number of hydrogen-bond donors (Lipinski definition) is 2. The number of rotatable bonds is 6. The van der Waals surface area contributed by atoms with Crippen LogP contribution in [0.25, 0.3) is 0 Å². The van der Waals surface area contributed by atoms with Gasteiger partial charge in [0.15, 0.2) is 0 Å². The first kappa shape index (κ1) is 14.3. The monoisotopic (exact) mass is 317 g/mol. The molecule has 2 N–H and O–H groups in total. The van der Waals surface area contributed by atoms with Gasteiger partial charge in [-0.25, -0.2) is 18.1 Å². The van der Waals surface area contributed by atoms with E-state index in [2.05, 4.69) is 15.0 Å². The van der Waals surface area contributed by atoms with E-state index >= 15 is 0 Å². The highest BCUT2D eigenvalue weighted by atomic mass is 35.5. The van der Waals surface area contributed by atoms with Crippen LogP contribution in [0.15, 0.2) is 40.1 Å². The molecular weight excluding hydrogens is 306 g/mol. The normalized spacial score (nSPS) is 11.4. The molecule has 2 aromatic heterocycles. The van der Waals surface area contributed by atoms with Crippen molar-refractivity contribution in [2.75, 3.05) is 18.4 Å². The maximum absolute atomic E-state index is 11.8. The van der Waals surface area contributed by atoms with Crippen LogP contribution in [-0.4, -0.2) is 26.5 Å². The number of aromatic nitrogens is 1. The summed E-state index contributed by atoms with van der Waals surface area (Å²) in [4.78, 5) is 3.86. The van der Waals surface area contributed by atoms with Crippen molar-refractivity contribution in [3.8, 4) is 0 Å². The maximum atomic E-state index is 11.8. The number of pyridine rings is 1. The fourth-order valence-electron chi connectivity index (χ4n) is 1.39. The van der Waals surface area contributed by atoms with Crippen LogP contribution in [0.2, 0.25) is 5.15 Å². The molecule has 5 nitrogen and oxygen atoms in total. The Morgan fingerprint density at radius 3 is 2.84 bits per heavy atom. The molecule has 0 aromatic carbocycles. The zero-order valence-electron chi connectivity index (χ0n) is 9.84. The zero-order chi connectivity index (χ0) is 13.7. The van der Waals surface area contributed by atoms with Gasteiger partial charge in [-0.3, -0.25) is 0 Å². The summed E-state index contributed by atoms with van der Waals surface area (Å²) in [5.74, 6) is 0. The SMILES string of the molecule is O=S(=O)(NCCNc1ccnc(Cl)c1)c1cccs1. The minimum absolute atomic E-state index is 0.292. The van der Waals surface area contributed by atoms with Crippen LogP contribution in [0.1, 0.15) is 0 Å². The highest BCUT2D eigenvalue weighted by Gasteiger charge is 2.13. The molecule has 0 aliphatic carbocycles. The van der Waals surface area contributed by atoms with E-state index in [-0.39, 0.29) is 0 Å². The van der Waals surface area contributed by atoms with Crippen LogP contribution < -0.4 is 10.0 Å². The Balaban J connectivity index is 1.81. The third-order valence-electron chi connectivity index (χ3n) is 2.23. The van der Waals surface area contributed by atoms with E-state index in [0.717, 1.165) is 5.69 Å². The molecule has 0 bridgehead atoms. The lowest BCUT2D eigenvalue weighted by Crippen LogP contribution is -2.28. The summed E-state index contributed by atoms with van der Waals surface area (Å²) >= 11 is 6.93. The Labute approximate surface area is 120 Å². The van der Waals surface area contributed by atoms with Gasteiger partial charge in [-0.2, -0.15) is 0 Å². The topological polar surface area (TPSA) is 71.1 Å². The first-order valence-corrected chi connectivity index (χ1v) is 8.20. The van der Waals surface area contributed by atoms with Gasteiger partial charge in [0, 0.05) is 25.0 Å². The van der Waals surface area contributed by atoms with Gasteiger partial charge in [0.1, 0.15) is 9.36 Å². The molecule has 0 radical (unpaired) electrons. The average Bonchev–Trinajstić information content (AvgIpc) is 2.89. The molecule has 0 spiro atoms. The van der Waals surface area contributed by atoms with Gasteiger partial charge < -0.3 is 5.32 Å². The quantitative estimate of drug-likeness (QED) is 0.633. The molecule has 102 valence electrons. The lowest BCUT2D eigenvalue weighted by molar-refractivity contribution is 0.585. The largest absolute Gasteiger partial charge is 0.384 e. The standard InChI is InChI=1S/C11H12ClN3O2S2/c12-10-8-9(3-4-14-10)13-5-6-15-19(16,17)11-2-1-7-18-11/h1-4,7-8,15H,5-6H2,(H,13,14). The van der Waals surface area contributed by atoms with Crippen molar-refractivity contribution in [1.82, 2.24) is 9.71 Å². The number of nitrogens with zero attached hydrogens (tertiary/aromatic N) is 1. The molecule has 2 heterocycles. The van der Waals surface area contributed by atoms with Crippen molar-refractivity contribution >= 4 is 38.6 Å². The molecule has 2 aromatic rings. The highest BCUT2D eigenvalue weighted by molar-refractivity contribution is 7.91. The second kappa shape index (κ2) is 6.33. The van der Waals surface area contributed by atoms with E-state index in [1.54, 1.807) is 35.8 Å². The molecule has 0 atom stereocenters. The molecule has 0 fully saturated rings. The number of nitrogens with one attached hydrogen (secondary N) is 2. The van der Waals surface area contributed by atoms with Crippen molar-refractivity contribution in [2.24, 2.45) is 0 Å². The first-order chi connectivity index (χ1) is 9.08. The third-order valence-corrected chi connectivity index (χ3v) is 5.30. The summed E-state index contributed by atoms with van der Waals surface area (Å²) in [6, 6.07) is 6.72. The van der Waals surface area contributed by atoms with Crippen LogP contribution in [0.4, 0.5) is 5.69 Å². The molecule has 0 saturated heterocycles. The van der Waals surface area contributed by atoms with E-state index in [9.17, 15) is 8.42 Å². The van der Waals surface area contributed by atoms with E-state index in [1.165, 1.54) is 11.3 Å². The molecular formula is C11H12ClN3O2S2. The zero-order valence-corrected chi connectivity index (χ0v) is 12.2. The molecule has 2 rings (SSSR count). The molecule has 8 heteroatoms. The van der Waals surface area contributed by atoms with E-state index in [4.69, 9.17) is 11.6 Å². The number of anilines is 1. The smallest absolute Gasteiger partial charge is 0.250 e. The lowest BCUT2D eigenvalue weighted by atomic mass is 10.4. The van der Waals surface area contributed by atoms with E-state index in [0.29, 0.717) is 22.5 Å². The van der Waals surface area contributed by atoms with Crippen LogP contribution in [0.5, 0.6) is 0 Å². The number of thiophene rings is 1. The number of hydrogen-bond acceptors (Lipinski definition) is 5. The van der Waals surface area contributed by atoms with Crippen LogP contribution in [0, 0.1) is 0 Å². The second-order valence-electron chi connectivity index (χ2n) is 3.62. The van der Waals surface area contributed by atoms with Crippen LogP contribution in [0.3, 0.4) is 0 Å². The van der Waals surface area contributed by atoms with Crippen molar-refractivity contribution in [3.63, 3.8) is 0 Å². The predicted molar refractivity (Wildman–Crippen MR) is 77.2 cm³/mol. The lowest BCUT2D eigenvalue weighted by Gasteiger charge is -2.07. The van der Waals surface area contributed by atoms with E-state index in [1.807, 2.05) is 0 Å². The van der Waals surface area contributed by atoms with Crippen molar-refractivity contribution in [2.45, 2.75) is 4.21 Å². The summed E-state index contributed by atoms with van der Waals surface area (Å²) in [5.41, 5.74) is 0.801. The molecule has 0 unspecified atom stereocenters. The average molecular weight is 318 g/mol. The van der Waals surface area contributed by atoms with Crippen molar-refractivity contribution in [1.29, 1.82) is 0 Å². The van der Waals surface area contributed by atoms with Gasteiger partial charge in [0.2, 0.25) is 10.0 Å². The van der Waals surface area contributed by atoms with E-state index < -0.39 is 10.0 Å². The number of sulfonamides is 1. The van der Waals surface area contributed by atoms with Gasteiger partial charge in [0.05, 0.1) is 0 Å². The Bertz CT molecular complexity index is 629. The van der Waals surface area contributed by atoms with Crippen molar-refractivity contribution in [3.05, 3.63) is 41.0 Å². The minimum atomic E-state index is -3.39. The molecule has 0 aliphatic heterocycles. The van der Waals surface area contributed by atoms with Gasteiger partial charge in [0.25, 0.3) is 0 Å². The summed E-state index contributed by atoms with van der Waals surface area (Å²) in [5, 5.41) is 5.18. The summed E-state index contributed by atoms with van der Waals surface area (Å²) in [6.45, 7) is 0.755. The Hall–Kier alpha value is -1.15. The molecule has 19 heavy (non-hydrogen) atoms. The molecule has 0 amide bonds. The van der Waals surface area contributed by atoms with Gasteiger partial charge >= 0.3 is 0 Å². The van der Waals surface area contributed by atoms with Gasteiger partial charge in [-0.1, -0.05) is 17.7 Å². The first-order valence-electron chi connectivity index (χ1n) is 5.46. The Morgan fingerprint density at radius 2 is 2.16 bits per heavy atom. The molecule has 0 saturated carbocycles. The second-order valence-corrected chi connectivity index (χ2v) is 6.95. The minimum Gasteiger partial charge on any atom is -0.384 e. The third kappa shape index (κ3) is 4.17. The van der Waals surface area contributed by atoms with Gasteiger partial charge in [-0.15, -0.1) is 11.3 Å². The summed E-state index contributed by atoms with van der Waals surface area (Å²) in [7, 11) is -3.39. The van der Waals surface area contributed by atoms with Gasteiger partial charge in [-0.05, 0) is 23.6 Å². The Morgan fingerprint density at radius 1 is 1.32 bits per heavy atom. The fourth-order valence-corrected chi connectivity index (χ4v) is 3.64.